The number of nitrogens with zero attached hydrogens (tertiary/aromatic N) is 1. The summed E-state index contributed by atoms with van der Waals surface area (Å²) in [6, 6.07) is 18.7. The fraction of sp³-hybridized carbons (Fsp3) is 0.385. The first kappa shape index (κ1) is 17.9. The second kappa shape index (κ2) is 6.83. The summed E-state index contributed by atoms with van der Waals surface area (Å²) in [5, 5.41) is 12.3. The van der Waals surface area contributed by atoms with Gasteiger partial charge in [0.05, 0.1) is 6.21 Å². The summed E-state index contributed by atoms with van der Waals surface area (Å²) < 4.78 is 0. The van der Waals surface area contributed by atoms with Crippen LogP contribution in [0.2, 0.25) is 0 Å². The number of hydrogen-bond donors (Lipinski definition) is 2. The highest BCUT2D eigenvalue weighted by Gasteiger charge is 2.51. The van der Waals surface area contributed by atoms with E-state index in [1.54, 1.807) is 6.21 Å². The Morgan fingerprint density at radius 2 is 1.40 bits per heavy atom. The highest BCUT2D eigenvalue weighted by Crippen LogP contribution is 2.55. The summed E-state index contributed by atoms with van der Waals surface area (Å²) in [6.07, 6.45) is 9.33. The third-order valence-corrected chi connectivity index (χ3v) is 7.59. The van der Waals surface area contributed by atoms with E-state index >= 15 is 0 Å². The van der Waals surface area contributed by atoms with E-state index in [-0.39, 0.29) is 11.6 Å². The zero-order chi connectivity index (χ0) is 20.1. The molecule has 2 N–H and O–H groups in total. The minimum atomic E-state index is -0.169. The molecule has 4 fully saturated rings. The number of nitrogens with one attached hydrogen (secondary N) is 2. The average molecular weight is 398 g/mol. The number of carbonyl (C=O) groups is 1. The molecule has 4 saturated carbocycles. The predicted molar refractivity (Wildman–Crippen MR) is 122 cm³/mol. The standard InChI is InChI=1S/C26H27N3O/c30-25(28-26-13-17-9-18(14-26)11-19(10-17)15-26)29-27-16-24-22-7-3-1-5-20(22)12-21-6-2-4-8-23(21)24/h1-8,12,16-19H,9-11,13-15H2,(H2,28,29,30). The summed E-state index contributed by atoms with van der Waals surface area (Å²) in [4.78, 5) is 12.7. The maximum Gasteiger partial charge on any atom is 0.335 e. The average Bonchev–Trinajstić information content (AvgIpc) is 2.72. The molecule has 3 aromatic carbocycles. The van der Waals surface area contributed by atoms with E-state index in [0.717, 1.165) is 53.4 Å². The molecule has 4 aliphatic carbocycles. The SMILES string of the molecule is O=C(NN=Cc1c2ccccc2cc2ccccc12)NC12CC3CC(CC(C3)C1)C2. The number of carbonyl (C=O) groups excluding carboxylic acids is 1. The number of hydrogen-bond acceptors (Lipinski definition) is 2. The van der Waals surface area contributed by atoms with Crippen LogP contribution in [0.4, 0.5) is 4.79 Å². The van der Waals surface area contributed by atoms with E-state index in [0.29, 0.717) is 0 Å². The smallest absolute Gasteiger partial charge is 0.331 e. The van der Waals surface area contributed by atoms with Gasteiger partial charge < -0.3 is 5.32 Å². The Bertz CT molecular complexity index is 1080. The van der Waals surface area contributed by atoms with E-state index in [9.17, 15) is 4.79 Å². The van der Waals surface area contributed by atoms with E-state index in [4.69, 9.17) is 0 Å². The highest BCUT2D eigenvalue weighted by atomic mass is 16.2. The van der Waals surface area contributed by atoms with E-state index in [1.807, 2.05) is 12.1 Å². The van der Waals surface area contributed by atoms with Crippen molar-refractivity contribution in [1.29, 1.82) is 0 Å². The van der Waals surface area contributed by atoms with Crippen molar-refractivity contribution in [3.8, 4) is 0 Å². The Morgan fingerprint density at radius 3 is 1.97 bits per heavy atom. The lowest BCUT2D eigenvalue weighted by atomic mass is 9.53. The zero-order valence-electron chi connectivity index (χ0n) is 17.1. The zero-order valence-corrected chi connectivity index (χ0v) is 17.1. The van der Waals surface area contributed by atoms with E-state index in [1.165, 1.54) is 30.0 Å². The Kier molecular flexibility index (Phi) is 4.08. The number of urea groups is 1. The van der Waals surface area contributed by atoms with Crippen molar-refractivity contribution < 1.29 is 4.79 Å². The van der Waals surface area contributed by atoms with Gasteiger partial charge in [0.1, 0.15) is 0 Å². The van der Waals surface area contributed by atoms with Crippen LogP contribution in [0.3, 0.4) is 0 Å². The van der Waals surface area contributed by atoms with Crippen molar-refractivity contribution in [3.05, 3.63) is 60.2 Å². The molecule has 0 heterocycles. The molecule has 0 saturated heterocycles. The van der Waals surface area contributed by atoms with E-state index < -0.39 is 0 Å². The van der Waals surface area contributed by atoms with Crippen LogP contribution in [0.5, 0.6) is 0 Å². The molecule has 7 rings (SSSR count). The van der Waals surface area contributed by atoms with E-state index in [2.05, 4.69) is 58.3 Å². The van der Waals surface area contributed by atoms with Crippen molar-refractivity contribution in [2.45, 2.75) is 44.1 Å². The van der Waals surface area contributed by atoms with Crippen molar-refractivity contribution in [2.75, 3.05) is 0 Å². The third kappa shape index (κ3) is 3.06. The predicted octanol–water partition coefficient (Wildman–Crippen LogP) is 5.59. The summed E-state index contributed by atoms with van der Waals surface area (Å²) in [5.74, 6) is 2.42. The molecule has 0 aliphatic heterocycles. The van der Waals surface area contributed by atoms with Crippen LogP contribution in [0.25, 0.3) is 21.5 Å². The van der Waals surface area contributed by atoms with Gasteiger partial charge in [-0.15, -0.1) is 0 Å². The minimum Gasteiger partial charge on any atom is -0.331 e. The molecule has 0 unspecified atom stereocenters. The van der Waals surface area contributed by atoms with Gasteiger partial charge >= 0.3 is 6.03 Å². The molecule has 3 aromatic rings. The quantitative estimate of drug-likeness (QED) is 0.338. The monoisotopic (exact) mass is 397 g/mol. The lowest BCUT2D eigenvalue weighted by Crippen LogP contribution is -2.61. The van der Waals surface area contributed by atoms with Crippen molar-refractivity contribution >= 4 is 33.8 Å². The number of rotatable bonds is 3. The van der Waals surface area contributed by atoms with Gasteiger partial charge in [-0.05, 0) is 83.9 Å². The number of hydrazone groups is 1. The molecule has 2 amide bonds. The first-order valence-electron chi connectivity index (χ1n) is 11.2. The molecule has 4 heteroatoms. The topological polar surface area (TPSA) is 53.5 Å². The number of fused-ring (bicyclic) bond motifs is 2. The van der Waals surface area contributed by atoms with Crippen LogP contribution in [-0.4, -0.2) is 17.8 Å². The van der Waals surface area contributed by atoms with Crippen molar-refractivity contribution in [2.24, 2.45) is 22.9 Å². The fourth-order valence-electron chi connectivity index (χ4n) is 6.88. The summed E-state index contributed by atoms with van der Waals surface area (Å²) in [7, 11) is 0. The first-order valence-corrected chi connectivity index (χ1v) is 11.2. The van der Waals surface area contributed by atoms with Crippen LogP contribution in [0.15, 0.2) is 59.7 Å². The van der Waals surface area contributed by atoms with Crippen LogP contribution in [-0.2, 0) is 0 Å². The van der Waals surface area contributed by atoms with Gasteiger partial charge in [0.25, 0.3) is 0 Å². The molecule has 0 atom stereocenters. The normalized spacial score (nSPS) is 29.7. The molecule has 4 bridgehead atoms. The lowest BCUT2D eigenvalue weighted by molar-refractivity contribution is -0.0135. The molecule has 0 radical (unpaired) electrons. The molecule has 0 spiro atoms. The largest absolute Gasteiger partial charge is 0.335 e. The maximum absolute atomic E-state index is 12.7. The summed E-state index contributed by atoms with van der Waals surface area (Å²) in [5.41, 5.74) is 3.80. The molecule has 152 valence electrons. The highest BCUT2D eigenvalue weighted by molar-refractivity contribution is 6.13. The fourth-order valence-corrected chi connectivity index (χ4v) is 6.88. The van der Waals surface area contributed by atoms with Gasteiger partial charge in [-0.1, -0.05) is 48.5 Å². The molecule has 30 heavy (non-hydrogen) atoms. The van der Waals surface area contributed by atoms with Crippen molar-refractivity contribution in [1.82, 2.24) is 10.7 Å². The summed E-state index contributed by atoms with van der Waals surface area (Å²) >= 11 is 0. The van der Waals surface area contributed by atoms with Crippen LogP contribution in [0, 0.1) is 17.8 Å². The molecule has 4 aliphatic rings. The van der Waals surface area contributed by atoms with Crippen LogP contribution in [0.1, 0.15) is 44.1 Å². The third-order valence-electron chi connectivity index (χ3n) is 7.59. The van der Waals surface area contributed by atoms with Gasteiger partial charge in [0.2, 0.25) is 0 Å². The molecular weight excluding hydrogens is 370 g/mol. The molecule has 0 aromatic heterocycles. The Labute approximate surface area is 176 Å². The van der Waals surface area contributed by atoms with Crippen LogP contribution >= 0.6 is 0 Å². The van der Waals surface area contributed by atoms with Gasteiger partial charge in [0.15, 0.2) is 0 Å². The molecular formula is C26H27N3O. The van der Waals surface area contributed by atoms with Crippen LogP contribution < -0.4 is 10.7 Å². The second-order valence-corrected chi connectivity index (χ2v) is 9.75. The number of benzene rings is 3. The minimum absolute atomic E-state index is 0.000490. The first-order chi connectivity index (χ1) is 14.7. The second-order valence-electron chi connectivity index (χ2n) is 9.75. The van der Waals surface area contributed by atoms with Gasteiger partial charge in [-0.3, -0.25) is 0 Å². The summed E-state index contributed by atoms with van der Waals surface area (Å²) in [6.45, 7) is 0. The van der Waals surface area contributed by atoms with Gasteiger partial charge in [-0.2, -0.15) is 5.10 Å². The lowest BCUT2D eigenvalue weighted by Gasteiger charge is -2.56. The maximum atomic E-state index is 12.7. The number of amides is 2. The Balaban J connectivity index is 1.24. The van der Waals surface area contributed by atoms with Gasteiger partial charge in [-0.25, -0.2) is 10.2 Å². The van der Waals surface area contributed by atoms with Crippen molar-refractivity contribution in [3.63, 3.8) is 0 Å². The molecule has 4 nitrogen and oxygen atoms in total. The Morgan fingerprint density at radius 1 is 0.867 bits per heavy atom. The van der Waals surface area contributed by atoms with Gasteiger partial charge in [0, 0.05) is 11.1 Å². The Hall–Kier alpha value is -2.88.